The average molecular weight is 289 g/mol. The van der Waals surface area contributed by atoms with Gasteiger partial charge in [0.05, 0.1) is 0 Å². The predicted molar refractivity (Wildman–Crippen MR) is 87.8 cm³/mol. The Kier molecular flexibility index (Phi) is 5.48. The number of rotatable bonds is 7. The Morgan fingerprint density at radius 2 is 2.10 bits per heavy atom. The lowest BCUT2D eigenvalue weighted by Gasteiger charge is -2.25. The van der Waals surface area contributed by atoms with Crippen LogP contribution in [0, 0.1) is 12.8 Å². The second kappa shape index (κ2) is 7.34. The second-order valence-electron chi connectivity index (χ2n) is 5.89. The first kappa shape index (κ1) is 15.7. The third kappa shape index (κ3) is 4.66. The smallest absolute Gasteiger partial charge is 0.315 e. The first-order valence-electron chi connectivity index (χ1n) is 7.96. The first-order valence-corrected chi connectivity index (χ1v) is 7.96. The quantitative estimate of drug-likeness (QED) is 0.810. The molecule has 0 aliphatic heterocycles. The van der Waals surface area contributed by atoms with E-state index in [4.69, 9.17) is 0 Å². The van der Waals surface area contributed by atoms with Crippen LogP contribution in [-0.4, -0.2) is 31.7 Å². The minimum atomic E-state index is -0.0461. The van der Waals surface area contributed by atoms with Gasteiger partial charge in [-0.2, -0.15) is 0 Å². The van der Waals surface area contributed by atoms with Crippen molar-refractivity contribution in [1.82, 2.24) is 10.6 Å². The summed E-state index contributed by atoms with van der Waals surface area (Å²) in [5.41, 5.74) is 2.51. The van der Waals surface area contributed by atoms with E-state index in [1.165, 1.54) is 24.1 Å². The zero-order valence-corrected chi connectivity index (χ0v) is 13.4. The summed E-state index contributed by atoms with van der Waals surface area (Å²) < 4.78 is 0. The molecule has 1 saturated carbocycles. The Hall–Kier alpha value is -1.71. The molecular weight excluding hydrogens is 262 g/mol. The Labute approximate surface area is 127 Å². The third-order valence-corrected chi connectivity index (χ3v) is 4.19. The van der Waals surface area contributed by atoms with Crippen LogP contribution < -0.4 is 15.5 Å². The maximum Gasteiger partial charge on any atom is 0.315 e. The number of benzene rings is 1. The number of para-hydroxylation sites is 1. The molecule has 1 aromatic carbocycles. The van der Waals surface area contributed by atoms with Crippen molar-refractivity contribution in [3.05, 3.63) is 29.8 Å². The fourth-order valence-corrected chi connectivity index (χ4v) is 2.64. The number of anilines is 1. The molecule has 1 aliphatic rings. The molecule has 0 heterocycles. The molecule has 1 fully saturated rings. The van der Waals surface area contributed by atoms with Gasteiger partial charge >= 0.3 is 6.03 Å². The van der Waals surface area contributed by atoms with Gasteiger partial charge in [0.25, 0.3) is 0 Å². The molecular formula is C17H27N3O. The standard InChI is InChI=1S/C17H27N3O/c1-4-20(16-8-6-5-7-13(16)2)12-11-18-17(21)19-14(3)15-9-10-15/h5-8,14-15H,4,9-12H2,1-3H3,(H2,18,19,21). The van der Waals surface area contributed by atoms with E-state index in [1.54, 1.807) is 0 Å². The van der Waals surface area contributed by atoms with E-state index in [2.05, 4.69) is 60.6 Å². The molecule has 0 spiro atoms. The van der Waals surface area contributed by atoms with Crippen LogP contribution in [0.5, 0.6) is 0 Å². The molecule has 2 N–H and O–H groups in total. The summed E-state index contributed by atoms with van der Waals surface area (Å²) in [4.78, 5) is 14.1. The maximum absolute atomic E-state index is 11.8. The Balaban J connectivity index is 1.75. The van der Waals surface area contributed by atoms with E-state index in [-0.39, 0.29) is 6.03 Å². The summed E-state index contributed by atoms with van der Waals surface area (Å²) >= 11 is 0. The SMILES string of the molecule is CCN(CCNC(=O)NC(C)C1CC1)c1ccccc1C. The van der Waals surface area contributed by atoms with Gasteiger partial charge in [-0.3, -0.25) is 0 Å². The lowest BCUT2D eigenvalue weighted by Crippen LogP contribution is -2.44. The number of hydrogen-bond donors (Lipinski definition) is 2. The van der Waals surface area contributed by atoms with Crippen LogP contribution in [0.15, 0.2) is 24.3 Å². The van der Waals surface area contributed by atoms with Crippen LogP contribution in [0.3, 0.4) is 0 Å². The molecule has 0 aromatic heterocycles. The highest BCUT2D eigenvalue weighted by Crippen LogP contribution is 2.32. The fourth-order valence-electron chi connectivity index (χ4n) is 2.64. The minimum absolute atomic E-state index is 0.0461. The van der Waals surface area contributed by atoms with Crippen molar-refractivity contribution in [3.63, 3.8) is 0 Å². The fraction of sp³-hybridized carbons (Fsp3) is 0.588. The monoisotopic (exact) mass is 289 g/mol. The minimum Gasteiger partial charge on any atom is -0.370 e. The number of hydrogen-bond acceptors (Lipinski definition) is 2. The normalized spacial score (nSPS) is 15.4. The highest BCUT2D eigenvalue weighted by atomic mass is 16.2. The first-order chi connectivity index (χ1) is 10.1. The maximum atomic E-state index is 11.8. The summed E-state index contributed by atoms with van der Waals surface area (Å²) in [6, 6.07) is 8.61. The van der Waals surface area contributed by atoms with Crippen LogP contribution in [0.25, 0.3) is 0 Å². The zero-order valence-electron chi connectivity index (χ0n) is 13.4. The van der Waals surface area contributed by atoms with Gasteiger partial charge in [-0.05, 0) is 51.2 Å². The highest BCUT2D eigenvalue weighted by Gasteiger charge is 2.28. The molecule has 1 atom stereocenters. The largest absolute Gasteiger partial charge is 0.370 e. The van der Waals surface area contributed by atoms with Gasteiger partial charge in [0.2, 0.25) is 0 Å². The summed E-state index contributed by atoms with van der Waals surface area (Å²) in [6.07, 6.45) is 2.50. The van der Waals surface area contributed by atoms with Crippen molar-refractivity contribution in [2.75, 3.05) is 24.5 Å². The molecule has 0 saturated heterocycles. The second-order valence-corrected chi connectivity index (χ2v) is 5.89. The van der Waals surface area contributed by atoms with Crippen LogP contribution in [0.1, 0.15) is 32.3 Å². The Morgan fingerprint density at radius 1 is 1.38 bits per heavy atom. The van der Waals surface area contributed by atoms with Crippen molar-refractivity contribution in [2.45, 2.75) is 39.7 Å². The van der Waals surface area contributed by atoms with Crippen LogP contribution in [0.4, 0.5) is 10.5 Å². The van der Waals surface area contributed by atoms with E-state index >= 15 is 0 Å². The Bertz CT molecular complexity index is 471. The third-order valence-electron chi connectivity index (χ3n) is 4.19. The van der Waals surface area contributed by atoms with Gasteiger partial charge in [-0.25, -0.2) is 4.79 Å². The molecule has 4 nitrogen and oxygen atoms in total. The number of urea groups is 1. The van der Waals surface area contributed by atoms with Gasteiger partial charge in [-0.15, -0.1) is 0 Å². The van der Waals surface area contributed by atoms with Gasteiger partial charge in [0, 0.05) is 31.4 Å². The molecule has 0 radical (unpaired) electrons. The highest BCUT2D eigenvalue weighted by molar-refractivity contribution is 5.74. The van der Waals surface area contributed by atoms with Crippen molar-refractivity contribution in [2.24, 2.45) is 5.92 Å². The number of likely N-dealkylation sites (N-methyl/N-ethyl adjacent to an activating group) is 1. The zero-order chi connectivity index (χ0) is 15.2. The molecule has 2 amide bonds. The van der Waals surface area contributed by atoms with Crippen LogP contribution in [-0.2, 0) is 0 Å². The molecule has 1 aromatic rings. The molecule has 2 rings (SSSR count). The van der Waals surface area contributed by atoms with Gasteiger partial charge in [-0.1, -0.05) is 18.2 Å². The predicted octanol–water partition coefficient (Wildman–Crippen LogP) is 2.92. The topological polar surface area (TPSA) is 44.4 Å². The molecule has 1 unspecified atom stereocenters. The van der Waals surface area contributed by atoms with Crippen molar-refractivity contribution in [3.8, 4) is 0 Å². The van der Waals surface area contributed by atoms with Gasteiger partial charge < -0.3 is 15.5 Å². The molecule has 4 heteroatoms. The summed E-state index contributed by atoms with van der Waals surface area (Å²) in [6.45, 7) is 8.77. The van der Waals surface area contributed by atoms with E-state index < -0.39 is 0 Å². The van der Waals surface area contributed by atoms with E-state index in [0.717, 1.165) is 13.1 Å². The van der Waals surface area contributed by atoms with Crippen molar-refractivity contribution in [1.29, 1.82) is 0 Å². The molecule has 1 aliphatic carbocycles. The van der Waals surface area contributed by atoms with E-state index in [9.17, 15) is 4.79 Å². The van der Waals surface area contributed by atoms with Gasteiger partial charge in [0.1, 0.15) is 0 Å². The summed E-state index contributed by atoms with van der Waals surface area (Å²) in [7, 11) is 0. The summed E-state index contributed by atoms with van der Waals surface area (Å²) in [5.74, 6) is 0.690. The number of carbonyl (C=O) groups excluding carboxylic acids is 1. The summed E-state index contributed by atoms with van der Waals surface area (Å²) in [5, 5.41) is 5.97. The van der Waals surface area contributed by atoms with Crippen molar-refractivity contribution >= 4 is 11.7 Å². The van der Waals surface area contributed by atoms with E-state index in [0.29, 0.717) is 18.5 Å². The number of amides is 2. The number of aryl methyl sites for hydroxylation is 1. The number of carbonyl (C=O) groups is 1. The Morgan fingerprint density at radius 3 is 2.71 bits per heavy atom. The van der Waals surface area contributed by atoms with Gasteiger partial charge in [0.15, 0.2) is 0 Å². The molecule has 116 valence electrons. The average Bonchev–Trinajstić information content (AvgIpc) is 3.29. The van der Waals surface area contributed by atoms with E-state index in [1.807, 2.05) is 0 Å². The van der Waals surface area contributed by atoms with Crippen LogP contribution in [0.2, 0.25) is 0 Å². The van der Waals surface area contributed by atoms with Crippen molar-refractivity contribution < 1.29 is 4.79 Å². The molecule has 21 heavy (non-hydrogen) atoms. The van der Waals surface area contributed by atoms with Crippen LogP contribution >= 0.6 is 0 Å². The number of nitrogens with zero attached hydrogens (tertiary/aromatic N) is 1. The number of nitrogens with one attached hydrogen (secondary N) is 2. The lowest BCUT2D eigenvalue weighted by atomic mass is 10.2. The lowest BCUT2D eigenvalue weighted by molar-refractivity contribution is 0.236. The molecule has 0 bridgehead atoms.